The van der Waals surface area contributed by atoms with Crippen LogP contribution in [0, 0.1) is 10.1 Å². The van der Waals surface area contributed by atoms with Crippen LogP contribution in [0.2, 0.25) is 10.0 Å². The molecule has 0 unspecified atom stereocenters. The minimum Gasteiger partial charge on any atom is -0.454 e. The second-order valence-electron chi connectivity index (χ2n) is 8.31. The Morgan fingerprint density at radius 2 is 1.84 bits per heavy atom. The Morgan fingerprint density at radius 3 is 2.59 bits per heavy atom. The van der Waals surface area contributed by atoms with Gasteiger partial charge in [0.2, 0.25) is 18.4 Å². The van der Waals surface area contributed by atoms with Crippen LogP contribution in [0.25, 0.3) is 0 Å². The number of nitrogens with zero attached hydrogens (tertiary/aromatic N) is 5. The summed E-state index contributed by atoms with van der Waals surface area (Å²) in [5.41, 5.74) is 5.83. The van der Waals surface area contributed by atoms with Crippen LogP contribution in [0.3, 0.4) is 0 Å². The van der Waals surface area contributed by atoms with Crippen LogP contribution < -0.4 is 25.2 Å². The molecule has 0 saturated carbocycles. The molecule has 0 spiro atoms. The highest BCUT2D eigenvalue weighted by Gasteiger charge is 2.30. The van der Waals surface area contributed by atoms with Gasteiger partial charge in [-0.2, -0.15) is 0 Å². The van der Waals surface area contributed by atoms with Crippen molar-refractivity contribution in [2.45, 2.75) is 6.54 Å². The van der Waals surface area contributed by atoms with Gasteiger partial charge in [-0.05, 0) is 35.9 Å². The molecule has 1 saturated heterocycles. The fourth-order valence-electron chi connectivity index (χ4n) is 4.13. The number of hydrazine groups is 1. The summed E-state index contributed by atoms with van der Waals surface area (Å²) in [5.74, 6) is 0.896. The molecule has 14 heteroatoms. The lowest BCUT2D eigenvalue weighted by Crippen LogP contribution is -2.46. The molecule has 1 amide bonds. The maximum absolute atomic E-state index is 12.5. The van der Waals surface area contributed by atoms with E-state index in [1.807, 2.05) is 23.1 Å². The fraction of sp³-hybridized carbons (Fsp3) is 0.261. The van der Waals surface area contributed by atoms with Crippen LogP contribution in [-0.4, -0.2) is 58.7 Å². The van der Waals surface area contributed by atoms with Crippen LogP contribution in [-0.2, 0) is 6.54 Å². The number of halogens is 2. The first-order chi connectivity index (χ1) is 17.9. The van der Waals surface area contributed by atoms with Crippen molar-refractivity contribution in [1.29, 1.82) is 0 Å². The smallest absolute Gasteiger partial charge is 0.355 e. The second kappa shape index (κ2) is 10.6. The normalized spacial score (nSPS) is 14.9. The van der Waals surface area contributed by atoms with E-state index in [0.717, 1.165) is 17.1 Å². The molecule has 5 rings (SSSR count). The third-order valence-electron chi connectivity index (χ3n) is 5.97. The predicted molar refractivity (Wildman–Crippen MR) is 136 cm³/mol. The maximum atomic E-state index is 12.5. The number of carbonyl (C=O) groups excluding carboxylic acids is 1. The van der Waals surface area contributed by atoms with Crippen LogP contribution in [0.4, 0.5) is 17.3 Å². The zero-order chi connectivity index (χ0) is 25.9. The highest BCUT2D eigenvalue weighted by Crippen LogP contribution is 2.34. The number of hydrogen-bond acceptors (Lipinski definition) is 10. The number of nitrogens with one attached hydrogen (secondary N) is 2. The van der Waals surface area contributed by atoms with E-state index in [1.54, 1.807) is 0 Å². The molecule has 192 valence electrons. The van der Waals surface area contributed by atoms with Crippen LogP contribution in [0.15, 0.2) is 42.7 Å². The number of amides is 1. The van der Waals surface area contributed by atoms with Crippen molar-refractivity contribution in [3.05, 3.63) is 74.0 Å². The van der Waals surface area contributed by atoms with Gasteiger partial charge in [-0.15, -0.1) is 0 Å². The van der Waals surface area contributed by atoms with Crippen LogP contribution in [0.5, 0.6) is 11.5 Å². The number of rotatable bonds is 7. The molecule has 2 aromatic carbocycles. The summed E-state index contributed by atoms with van der Waals surface area (Å²) in [6, 6.07) is 10.2. The van der Waals surface area contributed by atoms with Crippen molar-refractivity contribution in [1.82, 2.24) is 20.3 Å². The summed E-state index contributed by atoms with van der Waals surface area (Å²) in [6.07, 6.45) is 1.21. The molecule has 1 fully saturated rings. The van der Waals surface area contributed by atoms with Gasteiger partial charge in [0.05, 0.1) is 15.5 Å². The van der Waals surface area contributed by atoms with E-state index < -0.39 is 10.8 Å². The summed E-state index contributed by atoms with van der Waals surface area (Å²) in [7, 11) is 0. The Kier molecular flexibility index (Phi) is 7.12. The van der Waals surface area contributed by atoms with E-state index in [0.29, 0.717) is 37.7 Å². The molecule has 1 aromatic heterocycles. The maximum Gasteiger partial charge on any atom is 0.355 e. The first-order valence-electron chi connectivity index (χ1n) is 11.3. The standard InChI is InChI=1S/C23H21Cl2N7O5/c24-15-2-3-16(17(25)10-15)23(33)29-28-21-20(32(34)35)22(27-12-26-21)31-7-5-30(6-8-31)11-14-1-4-18-19(9-14)37-13-36-18/h1-4,9-10,12H,5-8,11,13H2,(H,29,33)(H,26,27,28). The average molecular weight is 546 g/mol. The third kappa shape index (κ3) is 5.45. The van der Waals surface area contributed by atoms with Crippen molar-refractivity contribution in [3.63, 3.8) is 0 Å². The van der Waals surface area contributed by atoms with Gasteiger partial charge in [0.15, 0.2) is 11.5 Å². The average Bonchev–Trinajstić information content (AvgIpc) is 3.35. The van der Waals surface area contributed by atoms with E-state index in [-0.39, 0.29) is 34.7 Å². The van der Waals surface area contributed by atoms with Gasteiger partial charge in [-0.3, -0.25) is 30.7 Å². The van der Waals surface area contributed by atoms with E-state index in [2.05, 4.69) is 25.7 Å². The number of fused-ring (bicyclic) bond motifs is 1. The molecule has 0 bridgehead atoms. The van der Waals surface area contributed by atoms with E-state index >= 15 is 0 Å². The monoisotopic (exact) mass is 545 g/mol. The van der Waals surface area contributed by atoms with E-state index in [9.17, 15) is 14.9 Å². The Morgan fingerprint density at radius 1 is 1.05 bits per heavy atom. The van der Waals surface area contributed by atoms with Gasteiger partial charge in [-0.25, -0.2) is 9.97 Å². The lowest BCUT2D eigenvalue weighted by molar-refractivity contribution is -0.383. The van der Waals surface area contributed by atoms with Gasteiger partial charge >= 0.3 is 5.69 Å². The molecule has 2 aliphatic heterocycles. The molecular weight excluding hydrogens is 525 g/mol. The van der Waals surface area contributed by atoms with Gasteiger partial charge in [0, 0.05) is 37.7 Å². The number of aromatic nitrogens is 2. The molecule has 0 atom stereocenters. The molecule has 3 aromatic rings. The highest BCUT2D eigenvalue weighted by atomic mass is 35.5. The summed E-state index contributed by atoms with van der Waals surface area (Å²) >= 11 is 11.9. The molecule has 0 aliphatic carbocycles. The fourth-order valence-corrected chi connectivity index (χ4v) is 4.63. The Balaban J connectivity index is 1.25. The minimum atomic E-state index is -0.603. The van der Waals surface area contributed by atoms with Crippen LogP contribution in [0.1, 0.15) is 15.9 Å². The quantitative estimate of drug-likeness (QED) is 0.335. The zero-order valence-electron chi connectivity index (χ0n) is 19.3. The first-order valence-corrected chi connectivity index (χ1v) is 12.0. The third-order valence-corrected chi connectivity index (χ3v) is 6.52. The number of piperazine rings is 1. The van der Waals surface area contributed by atoms with Gasteiger partial charge in [-0.1, -0.05) is 29.3 Å². The predicted octanol–water partition coefficient (Wildman–Crippen LogP) is 3.50. The van der Waals surface area contributed by atoms with Gasteiger partial charge < -0.3 is 14.4 Å². The topological polar surface area (TPSA) is 135 Å². The second-order valence-corrected chi connectivity index (χ2v) is 9.15. The Hall–Kier alpha value is -3.87. The number of anilines is 2. The van der Waals surface area contributed by atoms with Crippen molar-refractivity contribution in [2.24, 2.45) is 0 Å². The summed E-state index contributed by atoms with van der Waals surface area (Å²) in [6.45, 7) is 3.32. The molecule has 2 N–H and O–H groups in total. The largest absolute Gasteiger partial charge is 0.454 e. The van der Waals surface area contributed by atoms with Crippen molar-refractivity contribution in [3.8, 4) is 11.5 Å². The summed E-state index contributed by atoms with van der Waals surface area (Å²) < 4.78 is 10.8. The number of carbonyl (C=O) groups is 1. The first kappa shape index (κ1) is 24.8. The highest BCUT2D eigenvalue weighted by molar-refractivity contribution is 6.36. The Bertz CT molecular complexity index is 1350. The number of nitro groups is 1. The summed E-state index contributed by atoms with van der Waals surface area (Å²) in [4.78, 5) is 36.1. The molecule has 37 heavy (non-hydrogen) atoms. The van der Waals surface area contributed by atoms with Crippen molar-refractivity contribution < 1.29 is 19.2 Å². The zero-order valence-corrected chi connectivity index (χ0v) is 20.8. The van der Waals surface area contributed by atoms with Gasteiger partial charge in [0.25, 0.3) is 5.91 Å². The van der Waals surface area contributed by atoms with E-state index in [1.165, 1.54) is 24.5 Å². The SMILES string of the molecule is O=C(NNc1ncnc(N2CCN(Cc3ccc4c(c3)OCO4)CC2)c1[N+](=O)[O-])c1ccc(Cl)cc1Cl. The van der Waals surface area contributed by atoms with Crippen molar-refractivity contribution >= 4 is 46.4 Å². The molecule has 2 aliphatic rings. The molecular formula is C23H21Cl2N7O5. The van der Waals surface area contributed by atoms with Crippen LogP contribution >= 0.6 is 23.2 Å². The van der Waals surface area contributed by atoms with Crippen molar-refractivity contribution in [2.75, 3.05) is 43.3 Å². The number of benzene rings is 2. The lowest BCUT2D eigenvalue weighted by Gasteiger charge is -2.35. The Labute approximate surface area is 221 Å². The lowest BCUT2D eigenvalue weighted by atomic mass is 10.1. The number of ether oxygens (including phenoxy) is 2. The van der Waals surface area contributed by atoms with E-state index in [4.69, 9.17) is 32.7 Å². The molecule has 0 radical (unpaired) electrons. The molecule has 3 heterocycles. The number of hydrogen-bond donors (Lipinski definition) is 2. The summed E-state index contributed by atoms with van der Waals surface area (Å²) in [5, 5.41) is 12.5. The van der Waals surface area contributed by atoms with Gasteiger partial charge in [0.1, 0.15) is 6.33 Å². The molecule has 12 nitrogen and oxygen atoms in total. The minimum absolute atomic E-state index is 0.142.